The first kappa shape index (κ1) is 14.4. The lowest BCUT2D eigenvalue weighted by molar-refractivity contribution is -0.137. The van der Waals surface area contributed by atoms with Gasteiger partial charge in [0.2, 0.25) is 0 Å². The Morgan fingerprint density at radius 3 is 2.65 bits per heavy atom. The molecular formula is C12H12F4N4. The Kier molecular flexibility index (Phi) is 4.03. The predicted molar refractivity (Wildman–Crippen MR) is 63.7 cm³/mol. The molecular weight excluding hydrogens is 276 g/mol. The van der Waals surface area contributed by atoms with E-state index in [0.29, 0.717) is 37.2 Å². The van der Waals surface area contributed by atoms with E-state index in [1.807, 2.05) is 0 Å². The number of hydrogen-bond donors (Lipinski definition) is 1. The topological polar surface area (TPSA) is 56.7 Å². The fraction of sp³-hybridized carbons (Fsp3) is 0.333. The fourth-order valence-electron chi connectivity index (χ4n) is 1.68. The van der Waals surface area contributed by atoms with Gasteiger partial charge in [-0.25, -0.2) is 9.07 Å². The number of aromatic nitrogens is 3. The second kappa shape index (κ2) is 5.58. The monoisotopic (exact) mass is 288 g/mol. The number of hydrogen-bond acceptors (Lipinski definition) is 3. The summed E-state index contributed by atoms with van der Waals surface area (Å²) in [5, 5.41) is 7.41. The molecule has 0 saturated heterocycles. The summed E-state index contributed by atoms with van der Waals surface area (Å²) >= 11 is 0. The Morgan fingerprint density at radius 1 is 1.25 bits per heavy atom. The van der Waals surface area contributed by atoms with Crippen LogP contribution >= 0.6 is 0 Å². The third-order valence-electron chi connectivity index (χ3n) is 2.70. The van der Waals surface area contributed by atoms with Gasteiger partial charge in [0, 0.05) is 0 Å². The predicted octanol–water partition coefficient (Wildman–Crippen LogP) is 2.32. The molecule has 0 fully saturated rings. The largest absolute Gasteiger partial charge is 0.416 e. The molecule has 1 aromatic carbocycles. The SMILES string of the molecule is NCCCc1cn(-c2cc(C(F)(F)F)ccc2F)nn1. The molecule has 2 aromatic rings. The molecule has 0 saturated carbocycles. The van der Waals surface area contributed by atoms with Gasteiger partial charge in [0.05, 0.1) is 17.5 Å². The minimum absolute atomic E-state index is 0.286. The normalized spacial score (nSPS) is 11.8. The van der Waals surface area contributed by atoms with Crippen molar-refractivity contribution in [3.63, 3.8) is 0 Å². The highest BCUT2D eigenvalue weighted by Gasteiger charge is 2.31. The molecule has 0 atom stereocenters. The van der Waals surface area contributed by atoms with E-state index in [2.05, 4.69) is 10.3 Å². The maximum absolute atomic E-state index is 13.6. The zero-order chi connectivity index (χ0) is 14.8. The van der Waals surface area contributed by atoms with Crippen molar-refractivity contribution in [3.05, 3.63) is 41.5 Å². The summed E-state index contributed by atoms with van der Waals surface area (Å²) in [5.41, 5.74) is 4.67. The van der Waals surface area contributed by atoms with Crippen molar-refractivity contribution < 1.29 is 17.6 Å². The molecule has 0 aliphatic rings. The Bertz CT molecular complexity index is 591. The highest BCUT2D eigenvalue weighted by Crippen LogP contribution is 2.31. The summed E-state index contributed by atoms with van der Waals surface area (Å²) in [6.45, 7) is 0.463. The number of alkyl halides is 3. The highest BCUT2D eigenvalue weighted by molar-refractivity contribution is 5.38. The molecule has 2 N–H and O–H groups in total. The van der Waals surface area contributed by atoms with Gasteiger partial charge in [0.15, 0.2) is 0 Å². The smallest absolute Gasteiger partial charge is 0.330 e. The number of nitrogens with two attached hydrogens (primary N) is 1. The van der Waals surface area contributed by atoms with Crippen molar-refractivity contribution in [1.29, 1.82) is 0 Å². The number of nitrogens with zero attached hydrogens (tertiary/aromatic N) is 3. The third-order valence-corrected chi connectivity index (χ3v) is 2.70. The van der Waals surface area contributed by atoms with Gasteiger partial charge >= 0.3 is 6.18 Å². The van der Waals surface area contributed by atoms with E-state index in [9.17, 15) is 17.6 Å². The summed E-state index contributed by atoms with van der Waals surface area (Å²) in [5.74, 6) is -0.798. The van der Waals surface area contributed by atoms with Gasteiger partial charge in [-0.1, -0.05) is 5.21 Å². The molecule has 0 spiro atoms. The van der Waals surface area contributed by atoms with E-state index in [4.69, 9.17) is 5.73 Å². The lowest BCUT2D eigenvalue weighted by Gasteiger charge is -2.09. The Balaban J connectivity index is 2.34. The Hall–Kier alpha value is -1.96. The van der Waals surface area contributed by atoms with Crippen LogP contribution in [0.25, 0.3) is 5.69 Å². The molecule has 0 radical (unpaired) electrons. The zero-order valence-corrected chi connectivity index (χ0v) is 10.4. The summed E-state index contributed by atoms with van der Waals surface area (Å²) in [7, 11) is 0. The van der Waals surface area contributed by atoms with Crippen LogP contribution in [-0.2, 0) is 12.6 Å². The van der Waals surface area contributed by atoms with Gasteiger partial charge < -0.3 is 5.73 Å². The van der Waals surface area contributed by atoms with Crippen molar-refractivity contribution in [3.8, 4) is 5.69 Å². The van der Waals surface area contributed by atoms with Crippen molar-refractivity contribution >= 4 is 0 Å². The number of halogens is 4. The second-order valence-electron chi connectivity index (χ2n) is 4.21. The van der Waals surface area contributed by atoms with Crippen LogP contribution in [0.3, 0.4) is 0 Å². The van der Waals surface area contributed by atoms with Gasteiger partial charge in [-0.15, -0.1) is 5.10 Å². The zero-order valence-electron chi connectivity index (χ0n) is 10.4. The maximum Gasteiger partial charge on any atom is 0.416 e. The lowest BCUT2D eigenvalue weighted by Crippen LogP contribution is -2.08. The van der Waals surface area contributed by atoms with E-state index in [0.717, 1.165) is 10.7 Å². The lowest BCUT2D eigenvalue weighted by atomic mass is 10.2. The average Bonchev–Trinajstić information content (AvgIpc) is 2.84. The van der Waals surface area contributed by atoms with E-state index in [1.54, 1.807) is 0 Å². The van der Waals surface area contributed by atoms with Crippen molar-refractivity contribution in [2.45, 2.75) is 19.0 Å². The van der Waals surface area contributed by atoms with E-state index in [-0.39, 0.29) is 5.69 Å². The van der Waals surface area contributed by atoms with Gasteiger partial charge in [0.25, 0.3) is 0 Å². The molecule has 108 valence electrons. The summed E-state index contributed by atoms with van der Waals surface area (Å²) in [6.07, 6.45) is -1.93. The Morgan fingerprint density at radius 2 is 2.00 bits per heavy atom. The van der Waals surface area contributed by atoms with Crippen LogP contribution in [0, 0.1) is 5.82 Å². The van der Waals surface area contributed by atoms with E-state index >= 15 is 0 Å². The minimum atomic E-state index is -4.54. The number of rotatable bonds is 4. The molecule has 1 heterocycles. The van der Waals surface area contributed by atoms with Crippen LogP contribution in [-0.4, -0.2) is 21.5 Å². The molecule has 8 heteroatoms. The summed E-state index contributed by atoms with van der Waals surface area (Å²) < 4.78 is 52.4. The van der Waals surface area contributed by atoms with Crippen molar-refractivity contribution in [2.75, 3.05) is 6.54 Å². The quantitative estimate of drug-likeness (QED) is 0.878. The molecule has 4 nitrogen and oxygen atoms in total. The van der Waals surface area contributed by atoms with Crippen molar-refractivity contribution in [2.24, 2.45) is 5.73 Å². The minimum Gasteiger partial charge on any atom is -0.330 e. The maximum atomic E-state index is 13.6. The van der Waals surface area contributed by atoms with Crippen LogP contribution in [0.5, 0.6) is 0 Å². The van der Waals surface area contributed by atoms with Gasteiger partial charge in [-0.3, -0.25) is 0 Å². The van der Waals surface area contributed by atoms with Crippen LogP contribution in [0.4, 0.5) is 17.6 Å². The van der Waals surface area contributed by atoms with Crippen LogP contribution in [0.2, 0.25) is 0 Å². The first-order valence-electron chi connectivity index (χ1n) is 5.90. The van der Waals surface area contributed by atoms with Crippen LogP contribution in [0.15, 0.2) is 24.4 Å². The van der Waals surface area contributed by atoms with E-state index in [1.165, 1.54) is 6.20 Å². The number of benzene rings is 1. The Labute approximate surface area is 112 Å². The molecule has 0 unspecified atom stereocenters. The molecule has 0 aliphatic heterocycles. The molecule has 20 heavy (non-hydrogen) atoms. The van der Waals surface area contributed by atoms with Gasteiger partial charge in [-0.2, -0.15) is 13.2 Å². The first-order chi connectivity index (χ1) is 9.41. The first-order valence-corrected chi connectivity index (χ1v) is 5.90. The standard InChI is InChI=1S/C12H12F4N4/c13-10-4-3-8(12(14,15)16)6-11(10)20-7-9(18-19-20)2-1-5-17/h3-4,6-7H,1-2,5,17H2. The molecule has 1 aromatic heterocycles. The van der Waals surface area contributed by atoms with Gasteiger partial charge in [-0.05, 0) is 37.6 Å². The summed E-state index contributed by atoms with van der Waals surface area (Å²) in [6, 6.07) is 2.15. The number of aryl methyl sites for hydroxylation is 1. The van der Waals surface area contributed by atoms with Crippen molar-refractivity contribution in [1.82, 2.24) is 15.0 Å². The average molecular weight is 288 g/mol. The second-order valence-corrected chi connectivity index (χ2v) is 4.21. The third kappa shape index (κ3) is 3.13. The summed E-state index contributed by atoms with van der Waals surface area (Å²) in [4.78, 5) is 0. The molecule has 0 aliphatic carbocycles. The molecule has 0 bridgehead atoms. The highest BCUT2D eigenvalue weighted by atomic mass is 19.4. The molecule has 2 rings (SSSR count). The van der Waals surface area contributed by atoms with Crippen LogP contribution < -0.4 is 5.73 Å². The van der Waals surface area contributed by atoms with Crippen LogP contribution in [0.1, 0.15) is 17.7 Å². The van der Waals surface area contributed by atoms with Gasteiger partial charge in [0.1, 0.15) is 11.5 Å². The molecule has 0 amide bonds. The van der Waals surface area contributed by atoms with E-state index < -0.39 is 17.6 Å². The fourth-order valence-corrected chi connectivity index (χ4v) is 1.68.